The molecule has 2 rings (SSSR count). The third kappa shape index (κ3) is 3.96. The van der Waals surface area contributed by atoms with Gasteiger partial charge < -0.3 is 15.3 Å². The molecule has 110 valence electrons. The fraction of sp³-hybridized carbons (Fsp3) is 0.538. The third-order valence-electron chi connectivity index (χ3n) is 3.34. The highest BCUT2D eigenvalue weighted by Crippen LogP contribution is 2.22. The highest BCUT2D eigenvalue weighted by atomic mass is 79.9. The summed E-state index contributed by atoms with van der Waals surface area (Å²) in [4.78, 5) is 26.0. The number of amides is 2. The number of likely N-dealkylation sites (tertiary alicyclic amines) is 1. The number of carboxylic acids is 1. The van der Waals surface area contributed by atoms with Crippen LogP contribution in [0.15, 0.2) is 15.9 Å². The van der Waals surface area contributed by atoms with Gasteiger partial charge in [0.15, 0.2) is 0 Å². The number of hydrogen-bond acceptors (Lipinski definition) is 3. The van der Waals surface area contributed by atoms with Crippen LogP contribution in [-0.4, -0.2) is 34.6 Å². The molecule has 0 spiro atoms. The van der Waals surface area contributed by atoms with Gasteiger partial charge >= 0.3 is 12.0 Å². The minimum atomic E-state index is -0.916. The summed E-state index contributed by atoms with van der Waals surface area (Å²) in [6, 6.07) is 2.88. The molecule has 1 aliphatic heterocycles. The maximum absolute atomic E-state index is 12.2. The van der Waals surface area contributed by atoms with Crippen LogP contribution in [0.5, 0.6) is 0 Å². The maximum atomic E-state index is 12.2. The van der Waals surface area contributed by atoms with Gasteiger partial charge in [0.25, 0.3) is 0 Å². The molecule has 1 aromatic heterocycles. The summed E-state index contributed by atoms with van der Waals surface area (Å²) < 4.78 is 1.01. The Labute approximate surface area is 130 Å². The summed E-state index contributed by atoms with van der Waals surface area (Å²) in [7, 11) is 0. The second-order valence-corrected chi connectivity index (χ2v) is 7.31. The first-order valence-electron chi connectivity index (χ1n) is 6.59. The third-order valence-corrected chi connectivity index (χ3v) is 4.97. The van der Waals surface area contributed by atoms with Gasteiger partial charge in [-0.15, -0.1) is 11.3 Å². The lowest BCUT2D eigenvalue weighted by molar-refractivity contribution is -0.142. The Morgan fingerprint density at radius 1 is 1.40 bits per heavy atom. The molecule has 20 heavy (non-hydrogen) atoms. The maximum Gasteiger partial charge on any atom is 0.326 e. The van der Waals surface area contributed by atoms with E-state index in [1.807, 2.05) is 12.1 Å². The molecular weight excluding hydrogens is 344 g/mol. The molecule has 2 heterocycles. The summed E-state index contributed by atoms with van der Waals surface area (Å²) in [5.74, 6) is -0.916. The van der Waals surface area contributed by atoms with E-state index in [1.165, 1.54) is 4.90 Å². The van der Waals surface area contributed by atoms with Crippen molar-refractivity contribution in [2.75, 3.05) is 6.54 Å². The molecule has 5 nitrogen and oxygen atoms in total. The Balaban J connectivity index is 1.96. The SMILES string of the molecule is O=C(O)C1CCCCCN1C(=O)NCc1ccc(Br)s1. The normalized spacial score (nSPS) is 19.4. The quantitative estimate of drug-likeness (QED) is 0.870. The number of urea groups is 1. The Hall–Kier alpha value is -1.08. The van der Waals surface area contributed by atoms with E-state index < -0.39 is 12.0 Å². The number of nitrogens with zero attached hydrogens (tertiary/aromatic N) is 1. The molecule has 1 atom stereocenters. The van der Waals surface area contributed by atoms with Gasteiger partial charge in [0.1, 0.15) is 6.04 Å². The largest absolute Gasteiger partial charge is 0.480 e. The zero-order valence-electron chi connectivity index (χ0n) is 11.0. The highest BCUT2D eigenvalue weighted by molar-refractivity contribution is 9.11. The number of carboxylic acid groups (broad SMARTS) is 1. The van der Waals surface area contributed by atoms with Gasteiger partial charge in [-0.1, -0.05) is 12.8 Å². The van der Waals surface area contributed by atoms with Crippen molar-refractivity contribution in [1.29, 1.82) is 0 Å². The lowest BCUT2D eigenvalue weighted by atomic mass is 10.1. The van der Waals surface area contributed by atoms with Crippen molar-refractivity contribution in [1.82, 2.24) is 10.2 Å². The van der Waals surface area contributed by atoms with Gasteiger partial charge in [0.05, 0.1) is 10.3 Å². The van der Waals surface area contributed by atoms with Crippen molar-refractivity contribution in [3.63, 3.8) is 0 Å². The smallest absolute Gasteiger partial charge is 0.326 e. The molecule has 1 fully saturated rings. The van der Waals surface area contributed by atoms with Crippen molar-refractivity contribution >= 4 is 39.3 Å². The fourth-order valence-corrected chi connectivity index (χ4v) is 3.74. The van der Waals surface area contributed by atoms with Gasteiger partial charge in [0.2, 0.25) is 0 Å². The van der Waals surface area contributed by atoms with Crippen LogP contribution in [0.1, 0.15) is 30.6 Å². The molecule has 2 amide bonds. The number of aliphatic carboxylic acids is 1. The van der Waals surface area contributed by atoms with Crippen molar-refractivity contribution < 1.29 is 14.7 Å². The van der Waals surface area contributed by atoms with Gasteiger partial charge in [0, 0.05) is 11.4 Å². The number of carbonyl (C=O) groups is 2. The Bertz CT molecular complexity index is 492. The van der Waals surface area contributed by atoms with E-state index in [0.29, 0.717) is 19.5 Å². The summed E-state index contributed by atoms with van der Waals surface area (Å²) >= 11 is 4.93. The lowest BCUT2D eigenvalue weighted by Gasteiger charge is -2.26. The van der Waals surface area contributed by atoms with E-state index in [9.17, 15) is 14.7 Å². The standard InChI is InChI=1S/C13H17BrN2O3S/c14-11-6-5-9(20-11)8-15-13(19)16-7-3-1-2-4-10(16)12(17)18/h5-6,10H,1-4,7-8H2,(H,15,19)(H,17,18). The van der Waals surface area contributed by atoms with E-state index in [2.05, 4.69) is 21.2 Å². The number of carbonyl (C=O) groups excluding carboxylic acids is 1. The Morgan fingerprint density at radius 2 is 2.20 bits per heavy atom. The predicted molar refractivity (Wildman–Crippen MR) is 80.9 cm³/mol. The van der Waals surface area contributed by atoms with Crippen LogP contribution in [0, 0.1) is 0 Å². The van der Waals surface area contributed by atoms with E-state index in [4.69, 9.17) is 0 Å². The van der Waals surface area contributed by atoms with Gasteiger partial charge in [-0.2, -0.15) is 0 Å². The molecule has 0 aromatic carbocycles. The summed E-state index contributed by atoms with van der Waals surface area (Å²) in [6.07, 6.45) is 3.24. The van der Waals surface area contributed by atoms with E-state index in [1.54, 1.807) is 11.3 Å². The first-order valence-corrected chi connectivity index (χ1v) is 8.20. The average molecular weight is 361 g/mol. The molecule has 2 N–H and O–H groups in total. The minimum absolute atomic E-state index is 0.288. The number of nitrogens with one attached hydrogen (secondary N) is 1. The zero-order chi connectivity index (χ0) is 14.5. The van der Waals surface area contributed by atoms with Crippen LogP contribution in [0.25, 0.3) is 0 Å². The average Bonchev–Trinajstić information content (AvgIpc) is 2.68. The Morgan fingerprint density at radius 3 is 2.85 bits per heavy atom. The topological polar surface area (TPSA) is 69.6 Å². The molecule has 1 aliphatic rings. The summed E-state index contributed by atoms with van der Waals surface area (Å²) in [5.41, 5.74) is 0. The predicted octanol–water partition coefficient (Wildman–Crippen LogP) is 3.05. The van der Waals surface area contributed by atoms with Gasteiger partial charge in [-0.25, -0.2) is 9.59 Å². The molecule has 0 radical (unpaired) electrons. The summed E-state index contributed by atoms with van der Waals surface area (Å²) in [5, 5.41) is 12.1. The molecule has 1 aromatic rings. The second kappa shape index (κ2) is 7.08. The molecular formula is C13H17BrN2O3S. The first kappa shape index (κ1) is 15.3. The Kier molecular flexibility index (Phi) is 5.42. The molecule has 0 saturated carbocycles. The van der Waals surface area contributed by atoms with Crippen molar-refractivity contribution in [3.8, 4) is 0 Å². The number of halogens is 1. The zero-order valence-corrected chi connectivity index (χ0v) is 13.4. The number of hydrogen-bond donors (Lipinski definition) is 2. The van der Waals surface area contributed by atoms with Gasteiger partial charge in [-0.3, -0.25) is 0 Å². The van der Waals surface area contributed by atoms with Crippen LogP contribution >= 0.6 is 27.3 Å². The highest BCUT2D eigenvalue weighted by Gasteiger charge is 2.30. The van der Waals surface area contributed by atoms with Gasteiger partial charge in [-0.05, 0) is 40.9 Å². The van der Waals surface area contributed by atoms with Crippen LogP contribution < -0.4 is 5.32 Å². The van der Waals surface area contributed by atoms with Crippen LogP contribution in [0.2, 0.25) is 0 Å². The summed E-state index contributed by atoms with van der Waals surface area (Å²) in [6.45, 7) is 0.939. The molecule has 0 bridgehead atoms. The van der Waals surface area contributed by atoms with Crippen molar-refractivity contribution in [3.05, 3.63) is 20.8 Å². The van der Waals surface area contributed by atoms with E-state index in [0.717, 1.165) is 27.9 Å². The van der Waals surface area contributed by atoms with Crippen LogP contribution in [-0.2, 0) is 11.3 Å². The second-order valence-electron chi connectivity index (χ2n) is 4.76. The van der Waals surface area contributed by atoms with Crippen LogP contribution in [0.4, 0.5) is 4.79 Å². The monoisotopic (exact) mass is 360 g/mol. The molecule has 0 aliphatic carbocycles. The van der Waals surface area contributed by atoms with E-state index in [-0.39, 0.29) is 6.03 Å². The van der Waals surface area contributed by atoms with Crippen molar-refractivity contribution in [2.24, 2.45) is 0 Å². The van der Waals surface area contributed by atoms with Crippen molar-refractivity contribution in [2.45, 2.75) is 38.3 Å². The minimum Gasteiger partial charge on any atom is -0.480 e. The fourth-order valence-electron chi connectivity index (χ4n) is 2.32. The molecule has 7 heteroatoms. The molecule has 1 unspecified atom stereocenters. The lowest BCUT2D eigenvalue weighted by Crippen LogP contribution is -2.49. The number of rotatable bonds is 3. The van der Waals surface area contributed by atoms with E-state index >= 15 is 0 Å². The molecule has 1 saturated heterocycles. The van der Waals surface area contributed by atoms with Crippen LogP contribution in [0.3, 0.4) is 0 Å². The number of thiophene rings is 1. The first-order chi connectivity index (χ1) is 9.58.